The van der Waals surface area contributed by atoms with E-state index in [1.807, 2.05) is 36.4 Å². The summed E-state index contributed by atoms with van der Waals surface area (Å²) in [5, 5.41) is 16.0. The molecule has 2 aromatic carbocycles. The number of carboxylic acids is 1. The van der Waals surface area contributed by atoms with Gasteiger partial charge >= 0.3 is 12.1 Å². The molecule has 4 rings (SSSR count). The zero-order valence-electron chi connectivity index (χ0n) is 16.1. The topological polar surface area (TPSA) is 93.4 Å². The molecule has 1 heterocycles. The highest BCUT2D eigenvalue weighted by Gasteiger charge is 2.30. The lowest BCUT2D eigenvalue weighted by Gasteiger charge is -2.17. The van der Waals surface area contributed by atoms with Gasteiger partial charge in [-0.2, -0.15) is 5.10 Å². The van der Waals surface area contributed by atoms with Gasteiger partial charge in [0.05, 0.1) is 6.20 Å². The standard InChI is InChI=1S/C22H21N3O4/c1-13-18(11-23-25(13)2)20(21(26)27)24-22(28)29-12-19-16-9-5-3-7-14(16)15-8-4-6-10-17(15)19/h3-11,19-20H,12H2,1-2H3,(H,24,28)(H,26,27). The number of rotatable bonds is 5. The molecule has 7 nitrogen and oxygen atoms in total. The fourth-order valence-corrected chi connectivity index (χ4v) is 3.83. The van der Waals surface area contributed by atoms with E-state index < -0.39 is 18.1 Å². The Morgan fingerprint density at radius 3 is 2.24 bits per heavy atom. The van der Waals surface area contributed by atoms with Crippen LogP contribution in [0.3, 0.4) is 0 Å². The molecule has 0 aliphatic heterocycles. The molecule has 148 valence electrons. The van der Waals surface area contributed by atoms with E-state index >= 15 is 0 Å². The zero-order chi connectivity index (χ0) is 20.5. The molecule has 7 heteroatoms. The number of ether oxygens (including phenoxy) is 1. The summed E-state index contributed by atoms with van der Waals surface area (Å²) in [5.74, 6) is -1.26. The zero-order valence-corrected chi connectivity index (χ0v) is 16.1. The van der Waals surface area contributed by atoms with Crippen LogP contribution in [0.1, 0.15) is 34.3 Å². The molecule has 1 amide bonds. The van der Waals surface area contributed by atoms with E-state index in [4.69, 9.17) is 4.74 Å². The number of nitrogens with zero attached hydrogens (tertiary/aromatic N) is 2. The minimum Gasteiger partial charge on any atom is -0.479 e. The number of benzene rings is 2. The molecule has 2 N–H and O–H groups in total. The molecule has 0 radical (unpaired) electrons. The number of hydrogen-bond donors (Lipinski definition) is 2. The van der Waals surface area contributed by atoms with Crippen molar-refractivity contribution in [1.29, 1.82) is 0 Å². The summed E-state index contributed by atoms with van der Waals surface area (Å²) in [7, 11) is 1.71. The van der Waals surface area contributed by atoms with Crippen LogP contribution in [0.5, 0.6) is 0 Å². The van der Waals surface area contributed by atoms with E-state index in [0.29, 0.717) is 11.3 Å². The number of carbonyl (C=O) groups excluding carboxylic acids is 1. The van der Waals surface area contributed by atoms with Crippen LogP contribution in [-0.2, 0) is 16.6 Å². The van der Waals surface area contributed by atoms with Crippen LogP contribution in [0.4, 0.5) is 4.79 Å². The maximum atomic E-state index is 12.4. The third-order valence-corrected chi connectivity index (χ3v) is 5.44. The number of aliphatic carboxylic acids is 1. The van der Waals surface area contributed by atoms with E-state index in [9.17, 15) is 14.7 Å². The van der Waals surface area contributed by atoms with Crippen LogP contribution >= 0.6 is 0 Å². The van der Waals surface area contributed by atoms with E-state index in [-0.39, 0.29) is 12.5 Å². The summed E-state index contributed by atoms with van der Waals surface area (Å²) in [4.78, 5) is 24.1. The van der Waals surface area contributed by atoms with Crippen molar-refractivity contribution in [1.82, 2.24) is 15.1 Å². The average molecular weight is 391 g/mol. The molecule has 1 atom stereocenters. The number of carbonyl (C=O) groups is 2. The maximum Gasteiger partial charge on any atom is 0.408 e. The van der Waals surface area contributed by atoms with Crippen molar-refractivity contribution in [3.05, 3.63) is 77.1 Å². The minimum atomic E-state index is -1.22. The van der Waals surface area contributed by atoms with Crippen LogP contribution in [-0.4, -0.2) is 33.6 Å². The second-order valence-electron chi connectivity index (χ2n) is 7.05. The highest BCUT2D eigenvalue weighted by molar-refractivity contribution is 5.82. The first-order valence-corrected chi connectivity index (χ1v) is 9.30. The molecule has 3 aromatic rings. The van der Waals surface area contributed by atoms with Crippen LogP contribution in [0.25, 0.3) is 11.1 Å². The molecule has 1 aromatic heterocycles. The number of fused-ring (bicyclic) bond motifs is 3. The third kappa shape index (κ3) is 3.35. The van der Waals surface area contributed by atoms with E-state index in [2.05, 4.69) is 22.5 Å². The quantitative estimate of drug-likeness (QED) is 0.695. The first-order chi connectivity index (χ1) is 14.0. The Hall–Kier alpha value is -3.61. The summed E-state index contributed by atoms with van der Waals surface area (Å²) < 4.78 is 7.01. The lowest BCUT2D eigenvalue weighted by atomic mass is 9.98. The Morgan fingerprint density at radius 1 is 1.14 bits per heavy atom. The molecule has 0 fully saturated rings. The largest absolute Gasteiger partial charge is 0.479 e. The molecule has 1 aliphatic carbocycles. The van der Waals surface area contributed by atoms with Gasteiger partial charge in [-0.25, -0.2) is 9.59 Å². The summed E-state index contributed by atoms with van der Waals surface area (Å²) in [6.45, 7) is 1.87. The molecular weight excluding hydrogens is 370 g/mol. The Bertz CT molecular complexity index is 1040. The first kappa shape index (κ1) is 18.7. The fourth-order valence-electron chi connectivity index (χ4n) is 3.83. The number of carboxylic acid groups (broad SMARTS) is 1. The number of aromatic nitrogens is 2. The summed E-state index contributed by atoms with van der Waals surface area (Å²) in [5.41, 5.74) is 5.54. The second-order valence-corrected chi connectivity index (χ2v) is 7.05. The van der Waals surface area contributed by atoms with Crippen LogP contribution in [0, 0.1) is 6.92 Å². The smallest absolute Gasteiger partial charge is 0.408 e. The number of amides is 1. The Kier molecular flexibility index (Phi) is 4.80. The van der Waals surface area contributed by atoms with Gasteiger partial charge in [0.25, 0.3) is 0 Å². The van der Waals surface area contributed by atoms with Crippen molar-refractivity contribution in [2.24, 2.45) is 7.05 Å². The molecule has 0 spiro atoms. The SMILES string of the molecule is Cc1c(C(NC(=O)OCC2c3ccccc3-c3ccccc32)C(=O)O)cnn1C. The highest BCUT2D eigenvalue weighted by atomic mass is 16.5. The van der Waals surface area contributed by atoms with Gasteiger partial charge < -0.3 is 15.2 Å². The van der Waals surface area contributed by atoms with Gasteiger partial charge in [-0.1, -0.05) is 48.5 Å². The number of nitrogens with one attached hydrogen (secondary N) is 1. The van der Waals surface area contributed by atoms with Gasteiger partial charge in [-0.15, -0.1) is 0 Å². The summed E-state index contributed by atoms with van der Waals surface area (Å²) in [6, 6.07) is 14.8. The molecule has 1 aliphatic rings. The Balaban J connectivity index is 1.50. The van der Waals surface area contributed by atoms with E-state index in [0.717, 1.165) is 22.3 Å². The predicted molar refractivity (Wildman–Crippen MR) is 107 cm³/mol. The molecule has 1 unspecified atom stereocenters. The number of hydrogen-bond acceptors (Lipinski definition) is 4. The molecule has 0 saturated carbocycles. The Morgan fingerprint density at radius 2 is 1.72 bits per heavy atom. The van der Waals surface area contributed by atoms with Gasteiger partial charge in [0, 0.05) is 24.2 Å². The third-order valence-electron chi connectivity index (χ3n) is 5.44. The van der Waals surface area contributed by atoms with Crippen LogP contribution in [0.2, 0.25) is 0 Å². The first-order valence-electron chi connectivity index (χ1n) is 9.30. The predicted octanol–water partition coefficient (Wildman–Crippen LogP) is 3.39. The van der Waals surface area contributed by atoms with Gasteiger partial charge in [-0.05, 0) is 29.2 Å². The maximum absolute atomic E-state index is 12.4. The molecular formula is C22H21N3O4. The second kappa shape index (κ2) is 7.43. The number of alkyl carbamates (subject to hydrolysis) is 1. The van der Waals surface area contributed by atoms with E-state index in [1.54, 1.807) is 18.7 Å². The van der Waals surface area contributed by atoms with Crippen LogP contribution in [0.15, 0.2) is 54.7 Å². The van der Waals surface area contributed by atoms with Gasteiger partial charge in [0.15, 0.2) is 6.04 Å². The monoisotopic (exact) mass is 391 g/mol. The molecule has 0 saturated heterocycles. The average Bonchev–Trinajstić information content (AvgIpc) is 3.22. The van der Waals surface area contributed by atoms with E-state index in [1.165, 1.54) is 6.20 Å². The molecule has 29 heavy (non-hydrogen) atoms. The van der Waals surface area contributed by atoms with Crippen molar-refractivity contribution in [3.8, 4) is 11.1 Å². The van der Waals surface area contributed by atoms with Crippen molar-refractivity contribution in [3.63, 3.8) is 0 Å². The Labute approximate surface area is 167 Å². The van der Waals surface area contributed by atoms with Gasteiger partial charge in [-0.3, -0.25) is 4.68 Å². The highest BCUT2D eigenvalue weighted by Crippen LogP contribution is 2.44. The van der Waals surface area contributed by atoms with Crippen molar-refractivity contribution < 1.29 is 19.4 Å². The van der Waals surface area contributed by atoms with Crippen molar-refractivity contribution >= 4 is 12.1 Å². The number of aryl methyl sites for hydroxylation is 1. The van der Waals surface area contributed by atoms with Crippen molar-refractivity contribution in [2.45, 2.75) is 18.9 Å². The van der Waals surface area contributed by atoms with Crippen molar-refractivity contribution in [2.75, 3.05) is 6.61 Å². The minimum absolute atomic E-state index is 0.0865. The molecule has 0 bridgehead atoms. The lowest BCUT2D eigenvalue weighted by Crippen LogP contribution is -2.35. The van der Waals surface area contributed by atoms with Gasteiger partial charge in [0.2, 0.25) is 0 Å². The normalized spacial score (nSPS) is 13.4. The fraction of sp³-hybridized carbons (Fsp3) is 0.227. The lowest BCUT2D eigenvalue weighted by molar-refractivity contribution is -0.139. The van der Waals surface area contributed by atoms with Crippen LogP contribution < -0.4 is 5.32 Å². The summed E-state index contributed by atoms with van der Waals surface area (Å²) >= 11 is 0. The van der Waals surface area contributed by atoms with Gasteiger partial charge in [0.1, 0.15) is 6.61 Å². The summed E-state index contributed by atoms with van der Waals surface area (Å²) in [6.07, 6.45) is 0.667.